The lowest BCUT2D eigenvalue weighted by Gasteiger charge is -2.22. The second kappa shape index (κ2) is 9.94. The van der Waals surface area contributed by atoms with Crippen LogP contribution in [0.25, 0.3) is 5.76 Å². The Morgan fingerprint density at radius 1 is 1.00 bits per heavy atom. The average Bonchev–Trinajstić information content (AvgIpc) is 3.44. The molecule has 0 bridgehead atoms. The third-order valence-corrected chi connectivity index (χ3v) is 6.97. The highest BCUT2D eigenvalue weighted by Gasteiger charge is 2.48. The number of aryl methyl sites for hydroxylation is 2. The predicted octanol–water partition coefficient (Wildman–Crippen LogP) is 5.50. The highest BCUT2D eigenvalue weighted by Crippen LogP contribution is 2.43. The average molecular weight is 516 g/mol. The number of carbonyl (C=O) groups excluding carboxylic acids is 2. The Bertz CT molecular complexity index is 1510. The fourth-order valence-electron chi connectivity index (χ4n) is 4.17. The molecule has 1 atom stereocenters. The Morgan fingerprint density at radius 2 is 1.70 bits per heavy atom. The monoisotopic (exact) mass is 515 g/mol. The van der Waals surface area contributed by atoms with E-state index in [1.165, 1.54) is 29.2 Å². The number of Topliss-reactive ketones (excluding diaryl/α,β-unsaturated/α-hetero) is 1. The van der Waals surface area contributed by atoms with Crippen LogP contribution in [0.3, 0.4) is 0 Å². The first kappa shape index (κ1) is 24.3. The van der Waals surface area contributed by atoms with Crippen molar-refractivity contribution >= 4 is 33.9 Å². The van der Waals surface area contributed by atoms with E-state index in [-0.39, 0.29) is 16.5 Å². The molecule has 2 heterocycles. The van der Waals surface area contributed by atoms with Crippen LogP contribution in [0.5, 0.6) is 5.75 Å². The van der Waals surface area contributed by atoms with Crippen molar-refractivity contribution in [2.45, 2.75) is 26.5 Å². The maximum Gasteiger partial charge on any atom is 0.301 e. The number of ketones is 1. The molecule has 0 aliphatic carbocycles. The topological polar surface area (TPSA) is 92.6 Å². The van der Waals surface area contributed by atoms with Gasteiger partial charge in [-0.3, -0.25) is 14.5 Å². The van der Waals surface area contributed by atoms with Crippen molar-refractivity contribution < 1.29 is 23.8 Å². The van der Waals surface area contributed by atoms with Gasteiger partial charge in [-0.05, 0) is 66.9 Å². The molecular weight excluding hydrogens is 493 g/mol. The number of rotatable bonds is 6. The normalized spacial score (nSPS) is 16.8. The van der Waals surface area contributed by atoms with Crippen LogP contribution < -0.4 is 9.64 Å². The van der Waals surface area contributed by atoms with Gasteiger partial charge in [0.2, 0.25) is 5.13 Å². The number of nitrogens with zero attached hydrogens (tertiary/aromatic N) is 3. The molecule has 37 heavy (non-hydrogen) atoms. The summed E-state index contributed by atoms with van der Waals surface area (Å²) in [4.78, 5) is 27.5. The maximum atomic E-state index is 13.7. The van der Waals surface area contributed by atoms with Crippen LogP contribution in [-0.4, -0.2) is 27.0 Å². The fourth-order valence-corrected chi connectivity index (χ4v) is 4.89. The molecule has 0 radical (unpaired) electrons. The van der Waals surface area contributed by atoms with Crippen LogP contribution in [0.1, 0.15) is 33.3 Å². The second-order valence-electron chi connectivity index (χ2n) is 8.56. The summed E-state index contributed by atoms with van der Waals surface area (Å²) in [6.07, 6.45) is 0. The van der Waals surface area contributed by atoms with Crippen molar-refractivity contribution in [3.63, 3.8) is 0 Å². The minimum atomic E-state index is -0.995. The van der Waals surface area contributed by atoms with Crippen LogP contribution in [0.2, 0.25) is 0 Å². The maximum absolute atomic E-state index is 13.7. The smallest absolute Gasteiger partial charge is 0.301 e. The van der Waals surface area contributed by atoms with Gasteiger partial charge in [-0.15, -0.1) is 10.2 Å². The Hall–Kier alpha value is -4.37. The lowest BCUT2D eigenvalue weighted by atomic mass is 9.95. The van der Waals surface area contributed by atoms with E-state index in [9.17, 15) is 19.1 Å². The zero-order chi connectivity index (χ0) is 26.1. The van der Waals surface area contributed by atoms with Crippen molar-refractivity contribution in [2.75, 3.05) is 4.90 Å². The Kier molecular flexibility index (Phi) is 6.54. The first-order chi connectivity index (χ1) is 17.8. The van der Waals surface area contributed by atoms with E-state index in [4.69, 9.17) is 4.74 Å². The largest absolute Gasteiger partial charge is 0.507 e. The highest BCUT2D eigenvalue weighted by atomic mass is 32.1. The van der Waals surface area contributed by atoms with Gasteiger partial charge in [-0.1, -0.05) is 47.7 Å². The summed E-state index contributed by atoms with van der Waals surface area (Å²) in [5.41, 5.74) is 2.85. The molecule has 186 valence electrons. The van der Waals surface area contributed by atoms with Gasteiger partial charge < -0.3 is 9.84 Å². The van der Waals surface area contributed by atoms with Crippen molar-refractivity contribution in [1.29, 1.82) is 0 Å². The molecule has 0 spiro atoms. The molecule has 1 aromatic heterocycles. The number of benzene rings is 3. The zero-order valence-electron chi connectivity index (χ0n) is 20.0. The molecule has 1 fully saturated rings. The van der Waals surface area contributed by atoms with E-state index in [0.29, 0.717) is 28.5 Å². The minimum absolute atomic E-state index is 0.113. The Morgan fingerprint density at radius 3 is 2.35 bits per heavy atom. The molecule has 1 amide bonds. The summed E-state index contributed by atoms with van der Waals surface area (Å²) in [6.45, 7) is 4.12. The predicted molar refractivity (Wildman–Crippen MR) is 138 cm³/mol. The van der Waals surface area contributed by atoms with Crippen LogP contribution >= 0.6 is 11.3 Å². The molecule has 7 nitrogen and oxygen atoms in total. The molecule has 3 aromatic carbocycles. The molecule has 0 saturated carbocycles. The van der Waals surface area contributed by atoms with Gasteiger partial charge in [0.1, 0.15) is 28.9 Å². The van der Waals surface area contributed by atoms with Crippen LogP contribution in [0.15, 0.2) is 78.4 Å². The number of halogens is 1. The van der Waals surface area contributed by atoms with Crippen LogP contribution in [0, 0.1) is 19.7 Å². The summed E-state index contributed by atoms with van der Waals surface area (Å²) in [5.74, 6) is -1.93. The summed E-state index contributed by atoms with van der Waals surface area (Å²) in [7, 11) is 0. The Labute approximate surface area is 216 Å². The number of carbonyl (C=O) groups is 2. The van der Waals surface area contributed by atoms with Crippen molar-refractivity contribution in [2.24, 2.45) is 0 Å². The number of aliphatic hydroxyl groups is 1. The third-order valence-electron chi connectivity index (χ3n) is 6.13. The zero-order valence-corrected chi connectivity index (χ0v) is 20.8. The summed E-state index contributed by atoms with van der Waals surface area (Å²) < 4.78 is 19.5. The van der Waals surface area contributed by atoms with Gasteiger partial charge in [0, 0.05) is 5.56 Å². The number of hydrogen-bond donors (Lipinski definition) is 1. The summed E-state index contributed by atoms with van der Waals surface area (Å²) >= 11 is 1.14. The lowest BCUT2D eigenvalue weighted by Crippen LogP contribution is -2.29. The van der Waals surface area contributed by atoms with E-state index in [2.05, 4.69) is 10.2 Å². The highest BCUT2D eigenvalue weighted by molar-refractivity contribution is 7.15. The van der Waals surface area contributed by atoms with E-state index < -0.39 is 23.5 Å². The van der Waals surface area contributed by atoms with Gasteiger partial charge in [0.15, 0.2) is 0 Å². The summed E-state index contributed by atoms with van der Waals surface area (Å²) in [6, 6.07) is 18.9. The lowest BCUT2D eigenvalue weighted by molar-refractivity contribution is -0.132. The van der Waals surface area contributed by atoms with E-state index in [0.717, 1.165) is 22.5 Å². The SMILES string of the molecule is Cc1nnc(N2C(=O)C(=O)C(=C(O)c3ccc(OCc4ccccc4C)cc3)[C@H]2c2ccc(F)cc2)s1. The van der Waals surface area contributed by atoms with Gasteiger partial charge >= 0.3 is 5.91 Å². The first-order valence-electron chi connectivity index (χ1n) is 11.5. The molecule has 4 aromatic rings. The second-order valence-corrected chi connectivity index (χ2v) is 9.72. The van der Waals surface area contributed by atoms with E-state index in [1.54, 1.807) is 31.2 Å². The van der Waals surface area contributed by atoms with Crippen LogP contribution in [0.4, 0.5) is 9.52 Å². The van der Waals surface area contributed by atoms with Crippen molar-refractivity contribution in [1.82, 2.24) is 10.2 Å². The number of amides is 1. The standard InChI is InChI=1S/C28H22FN3O4S/c1-16-5-3-4-6-20(16)15-36-22-13-9-19(10-14-22)25(33)23-24(18-7-11-21(29)12-8-18)32(27(35)26(23)34)28-31-30-17(2)37-28/h3-14,24,33H,15H2,1-2H3/t24-/m1/s1. The van der Waals surface area contributed by atoms with E-state index >= 15 is 0 Å². The van der Waals surface area contributed by atoms with Crippen LogP contribution in [-0.2, 0) is 16.2 Å². The van der Waals surface area contributed by atoms with Gasteiger partial charge in [0.25, 0.3) is 5.78 Å². The van der Waals surface area contributed by atoms with Gasteiger partial charge in [-0.25, -0.2) is 4.39 Å². The molecule has 0 unspecified atom stereocenters. The minimum Gasteiger partial charge on any atom is -0.507 e. The third kappa shape index (κ3) is 4.73. The quantitative estimate of drug-likeness (QED) is 0.207. The van der Waals surface area contributed by atoms with Gasteiger partial charge in [0.05, 0.1) is 11.6 Å². The number of aliphatic hydroxyl groups excluding tert-OH is 1. The number of aromatic nitrogens is 2. The molecular formula is C28H22FN3O4S. The molecule has 1 saturated heterocycles. The molecule has 1 aliphatic rings. The number of hydrogen-bond acceptors (Lipinski definition) is 7. The summed E-state index contributed by atoms with van der Waals surface area (Å²) in [5, 5.41) is 20.0. The molecule has 9 heteroatoms. The van der Waals surface area contributed by atoms with Crippen molar-refractivity contribution in [3.8, 4) is 5.75 Å². The number of ether oxygens (including phenoxy) is 1. The van der Waals surface area contributed by atoms with Gasteiger partial charge in [-0.2, -0.15) is 0 Å². The fraction of sp³-hybridized carbons (Fsp3) is 0.143. The molecule has 1 N–H and O–H groups in total. The van der Waals surface area contributed by atoms with E-state index in [1.807, 2.05) is 31.2 Å². The molecule has 5 rings (SSSR count). The Balaban J connectivity index is 1.50. The van der Waals surface area contributed by atoms with Crippen molar-refractivity contribution in [3.05, 3.63) is 111 Å². The first-order valence-corrected chi connectivity index (χ1v) is 12.3. The molecule has 1 aliphatic heterocycles. The number of anilines is 1.